The number of carbonyl (C=O) groups excluding carboxylic acids is 1. The van der Waals surface area contributed by atoms with Crippen molar-refractivity contribution >= 4 is 28.1 Å². The topological polar surface area (TPSA) is 45.2 Å². The number of nitrogens with zero attached hydrogens (tertiary/aromatic N) is 2. The van der Waals surface area contributed by atoms with Gasteiger partial charge in [-0.15, -0.1) is 0 Å². The van der Waals surface area contributed by atoms with E-state index in [-0.39, 0.29) is 17.1 Å². The summed E-state index contributed by atoms with van der Waals surface area (Å²) in [5.41, 5.74) is 0.263. The van der Waals surface area contributed by atoms with Gasteiger partial charge in [0.1, 0.15) is 11.4 Å². The Hall–Kier alpha value is -3.02. The summed E-state index contributed by atoms with van der Waals surface area (Å²) in [6.07, 6.45) is 3.38. The zero-order chi connectivity index (χ0) is 18.1. The van der Waals surface area contributed by atoms with E-state index in [1.165, 1.54) is 6.20 Å². The number of rotatable bonds is 3. The van der Waals surface area contributed by atoms with Gasteiger partial charge in [-0.05, 0) is 36.4 Å². The molecule has 4 rings (SSSR count). The van der Waals surface area contributed by atoms with Gasteiger partial charge in [-0.3, -0.25) is 9.78 Å². The van der Waals surface area contributed by atoms with Crippen LogP contribution in [0.25, 0.3) is 10.8 Å². The smallest absolute Gasteiger partial charge is 0.274 e. The Bertz CT molecular complexity index is 955. The van der Waals surface area contributed by atoms with Gasteiger partial charge in [0.05, 0.1) is 0 Å². The fraction of sp³-hybridized carbons (Fsp3) is 0.200. The van der Waals surface area contributed by atoms with E-state index in [0.717, 1.165) is 30.4 Å². The minimum Gasteiger partial charge on any atom is -0.367 e. The second-order valence-corrected chi connectivity index (χ2v) is 6.32. The summed E-state index contributed by atoms with van der Waals surface area (Å²) in [7, 11) is 0. The number of nitrogens with one attached hydrogen (secondary N) is 1. The number of anilines is 2. The zero-order valence-corrected chi connectivity index (χ0v) is 14.0. The highest BCUT2D eigenvalue weighted by Crippen LogP contribution is 2.30. The quantitative estimate of drug-likeness (QED) is 0.761. The number of pyridine rings is 1. The van der Waals surface area contributed by atoms with Crippen LogP contribution in [0.3, 0.4) is 0 Å². The largest absolute Gasteiger partial charge is 0.367 e. The van der Waals surface area contributed by atoms with E-state index in [4.69, 9.17) is 0 Å². The molecule has 0 aliphatic carbocycles. The summed E-state index contributed by atoms with van der Waals surface area (Å²) < 4.78 is 28.8. The lowest BCUT2D eigenvalue weighted by molar-refractivity contribution is 0.102. The first-order valence-electron chi connectivity index (χ1n) is 8.52. The van der Waals surface area contributed by atoms with Crippen molar-refractivity contribution in [1.29, 1.82) is 0 Å². The number of hydrogen-bond acceptors (Lipinski definition) is 3. The zero-order valence-electron chi connectivity index (χ0n) is 14.0. The van der Waals surface area contributed by atoms with Gasteiger partial charge in [-0.1, -0.05) is 24.3 Å². The summed E-state index contributed by atoms with van der Waals surface area (Å²) in [5, 5.41) is 4.10. The van der Waals surface area contributed by atoms with E-state index in [0.29, 0.717) is 18.5 Å². The third-order valence-corrected chi connectivity index (χ3v) is 4.59. The summed E-state index contributed by atoms with van der Waals surface area (Å²) >= 11 is 0. The number of aromatic nitrogens is 1. The molecule has 1 aromatic heterocycles. The summed E-state index contributed by atoms with van der Waals surface area (Å²) in [5.74, 6) is -1.85. The van der Waals surface area contributed by atoms with E-state index in [9.17, 15) is 13.6 Å². The van der Waals surface area contributed by atoms with Crippen molar-refractivity contribution in [1.82, 2.24) is 4.98 Å². The van der Waals surface area contributed by atoms with Crippen LogP contribution < -0.4 is 10.2 Å². The monoisotopic (exact) mass is 353 g/mol. The number of amides is 1. The highest BCUT2D eigenvalue weighted by atomic mass is 19.1. The molecule has 26 heavy (non-hydrogen) atoms. The van der Waals surface area contributed by atoms with Crippen molar-refractivity contribution in [2.24, 2.45) is 0 Å². The molecule has 0 unspecified atom stereocenters. The normalized spacial score (nSPS) is 14.0. The lowest BCUT2D eigenvalue weighted by atomic mass is 10.1. The number of carbonyl (C=O) groups is 1. The molecule has 1 saturated heterocycles. The summed E-state index contributed by atoms with van der Waals surface area (Å²) in [4.78, 5) is 18.4. The Morgan fingerprint density at radius 1 is 1.04 bits per heavy atom. The Kier molecular flexibility index (Phi) is 4.24. The van der Waals surface area contributed by atoms with Crippen LogP contribution in [0.5, 0.6) is 0 Å². The van der Waals surface area contributed by atoms with Crippen molar-refractivity contribution in [3.05, 3.63) is 66.0 Å². The average Bonchev–Trinajstić information content (AvgIpc) is 3.14. The molecule has 4 nitrogen and oxygen atoms in total. The SMILES string of the molecule is O=C(Nc1cc(F)c(N2CCCC2)c(F)c1)c1nccc2ccccc12. The lowest BCUT2D eigenvalue weighted by Gasteiger charge is -2.19. The second-order valence-electron chi connectivity index (χ2n) is 6.32. The van der Waals surface area contributed by atoms with Crippen LogP contribution in [0.4, 0.5) is 20.2 Å². The van der Waals surface area contributed by atoms with Crippen LogP contribution in [0.2, 0.25) is 0 Å². The maximum atomic E-state index is 14.4. The van der Waals surface area contributed by atoms with Gasteiger partial charge in [0.25, 0.3) is 5.91 Å². The van der Waals surface area contributed by atoms with Crippen molar-refractivity contribution in [3.63, 3.8) is 0 Å². The number of hydrogen-bond donors (Lipinski definition) is 1. The van der Waals surface area contributed by atoms with Crippen LogP contribution in [0, 0.1) is 11.6 Å². The molecule has 2 aromatic carbocycles. The fourth-order valence-electron chi connectivity index (χ4n) is 3.37. The van der Waals surface area contributed by atoms with Crippen LogP contribution in [-0.4, -0.2) is 24.0 Å². The fourth-order valence-corrected chi connectivity index (χ4v) is 3.37. The Morgan fingerprint density at radius 2 is 1.73 bits per heavy atom. The van der Waals surface area contributed by atoms with Gasteiger partial charge in [0.15, 0.2) is 11.6 Å². The molecule has 132 valence electrons. The van der Waals surface area contributed by atoms with E-state index in [1.54, 1.807) is 17.0 Å². The Balaban J connectivity index is 1.63. The predicted molar refractivity (Wildman–Crippen MR) is 97.5 cm³/mol. The van der Waals surface area contributed by atoms with Gasteiger partial charge in [-0.25, -0.2) is 8.78 Å². The maximum Gasteiger partial charge on any atom is 0.274 e. The average molecular weight is 353 g/mol. The van der Waals surface area contributed by atoms with Crippen LogP contribution >= 0.6 is 0 Å². The third kappa shape index (κ3) is 2.98. The Labute approximate surface area is 149 Å². The molecule has 1 N–H and O–H groups in total. The molecule has 0 saturated carbocycles. The van der Waals surface area contributed by atoms with Gasteiger partial charge in [-0.2, -0.15) is 0 Å². The number of fused-ring (bicyclic) bond motifs is 1. The number of halogens is 2. The van der Waals surface area contributed by atoms with E-state index >= 15 is 0 Å². The molecule has 0 spiro atoms. The molecule has 0 atom stereocenters. The predicted octanol–water partition coefficient (Wildman–Crippen LogP) is 4.37. The highest BCUT2D eigenvalue weighted by molar-refractivity contribution is 6.11. The standard InChI is InChI=1S/C20H17F2N3O/c21-16-11-14(12-17(22)19(16)25-9-3-4-10-25)24-20(26)18-15-6-2-1-5-13(15)7-8-23-18/h1-2,5-8,11-12H,3-4,9-10H2,(H,24,26). The van der Waals surface area contributed by atoms with Crippen molar-refractivity contribution in [2.75, 3.05) is 23.3 Å². The van der Waals surface area contributed by atoms with Crippen LogP contribution in [-0.2, 0) is 0 Å². The minimum absolute atomic E-state index is 0.0243. The summed E-state index contributed by atoms with van der Waals surface area (Å²) in [6, 6.07) is 11.4. The first-order valence-corrected chi connectivity index (χ1v) is 8.52. The molecular weight excluding hydrogens is 336 g/mol. The first-order chi connectivity index (χ1) is 12.6. The lowest BCUT2D eigenvalue weighted by Crippen LogP contribution is -2.21. The minimum atomic E-state index is -0.673. The molecule has 0 radical (unpaired) electrons. The molecule has 0 bridgehead atoms. The second kappa shape index (κ2) is 6.71. The molecule has 2 heterocycles. The summed E-state index contributed by atoms with van der Waals surface area (Å²) in [6.45, 7) is 1.28. The van der Waals surface area contributed by atoms with Gasteiger partial charge >= 0.3 is 0 Å². The Morgan fingerprint density at radius 3 is 2.46 bits per heavy atom. The highest BCUT2D eigenvalue weighted by Gasteiger charge is 2.22. The maximum absolute atomic E-state index is 14.4. The van der Waals surface area contributed by atoms with Gasteiger partial charge < -0.3 is 10.2 Å². The van der Waals surface area contributed by atoms with Crippen molar-refractivity contribution in [3.8, 4) is 0 Å². The third-order valence-electron chi connectivity index (χ3n) is 4.59. The van der Waals surface area contributed by atoms with Gasteiger partial charge in [0, 0.05) is 30.4 Å². The molecule has 1 aliphatic rings. The molecule has 1 aliphatic heterocycles. The molecule has 1 fully saturated rings. The molecular formula is C20H17F2N3O. The van der Waals surface area contributed by atoms with E-state index in [2.05, 4.69) is 10.3 Å². The first kappa shape index (κ1) is 16.4. The van der Waals surface area contributed by atoms with Crippen molar-refractivity contribution < 1.29 is 13.6 Å². The molecule has 3 aromatic rings. The van der Waals surface area contributed by atoms with Crippen LogP contribution in [0.15, 0.2) is 48.7 Å². The number of benzene rings is 2. The van der Waals surface area contributed by atoms with E-state index < -0.39 is 17.5 Å². The molecule has 6 heteroatoms. The van der Waals surface area contributed by atoms with E-state index in [1.807, 2.05) is 18.2 Å². The van der Waals surface area contributed by atoms with Gasteiger partial charge in [0.2, 0.25) is 0 Å². The van der Waals surface area contributed by atoms with Crippen molar-refractivity contribution in [2.45, 2.75) is 12.8 Å². The van der Waals surface area contributed by atoms with Crippen LogP contribution in [0.1, 0.15) is 23.3 Å². The molecule has 1 amide bonds.